The Hall–Kier alpha value is -1.57. The van der Waals surface area contributed by atoms with Crippen LogP contribution in [-0.2, 0) is 61.6 Å². The predicted molar refractivity (Wildman–Crippen MR) is 202 cm³/mol. The molecule has 2 aromatic rings. The molecule has 0 saturated heterocycles. The van der Waals surface area contributed by atoms with Crippen molar-refractivity contribution in [1.29, 1.82) is 0 Å². The molecule has 2 aromatic carbocycles. The molecule has 0 spiro atoms. The summed E-state index contributed by atoms with van der Waals surface area (Å²) in [5.74, 6) is 1.44. The van der Waals surface area contributed by atoms with Crippen LogP contribution in [0.3, 0.4) is 0 Å². The molecule has 0 aliphatic rings. The fraction of sp³-hybridized carbons (Fsp3) is 0.714. The molecule has 2 rings (SSSR count). The SMILES string of the molecule is CCCCOc1cccc(C(C)(O[O-])C(OCCCC)OCCCC)c1.CCCCOc1cccc(C(C)(O[O-])C(OCCCC)OCCCC)c1.[Ti+2]. The van der Waals surface area contributed by atoms with Crippen LogP contribution in [0.5, 0.6) is 11.5 Å². The number of unbranched alkanes of at least 4 members (excludes halogenated alkanes) is 6. The van der Waals surface area contributed by atoms with Gasteiger partial charge in [-0.15, -0.1) is 0 Å². The second kappa shape index (κ2) is 31.6. The molecule has 10 nitrogen and oxygen atoms in total. The first-order valence-corrected chi connectivity index (χ1v) is 19.8. The predicted octanol–water partition coefficient (Wildman–Crippen LogP) is 8.66. The van der Waals surface area contributed by atoms with Crippen LogP contribution in [0, 0.1) is 0 Å². The molecular weight excluding hydrogens is 712 g/mol. The van der Waals surface area contributed by atoms with Crippen LogP contribution >= 0.6 is 0 Å². The minimum absolute atomic E-state index is 0. The summed E-state index contributed by atoms with van der Waals surface area (Å²) in [5, 5.41) is 23.5. The quantitative estimate of drug-likeness (QED) is 0.0250. The summed E-state index contributed by atoms with van der Waals surface area (Å²) < 4.78 is 35.1. The van der Waals surface area contributed by atoms with E-state index < -0.39 is 23.8 Å². The maximum atomic E-state index is 11.7. The van der Waals surface area contributed by atoms with Gasteiger partial charge in [0.2, 0.25) is 0 Å². The largest absolute Gasteiger partial charge is 2.00 e. The van der Waals surface area contributed by atoms with Crippen molar-refractivity contribution >= 4 is 0 Å². The van der Waals surface area contributed by atoms with E-state index in [0.29, 0.717) is 50.8 Å². The maximum absolute atomic E-state index is 11.7. The molecule has 2 unspecified atom stereocenters. The summed E-state index contributed by atoms with van der Waals surface area (Å²) in [6.07, 6.45) is 10.3. The Kier molecular flexibility index (Phi) is 30.7. The van der Waals surface area contributed by atoms with E-state index in [0.717, 1.165) is 88.5 Å². The second-order valence-electron chi connectivity index (χ2n) is 13.4. The van der Waals surface area contributed by atoms with Crippen molar-refractivity contribution < 1.29 is 70.4 Å². The van der Waals surface area contributed by atoms with Crippen LogP contribution in [0.2, 0.25) is 0 Å². The van der Waals surface area contributed by atoms with Crippen molar-refractivity contribution in [3.8, 4) is 11.5 Å². The summed E-state index contributed by atoms with van der Waals surface area (Å²) in [6.45, 7) is 19.5. The Balaban J connectivity index is 0.00000100. The first kappa shape index (κ1) is 51.4. The van der Waals surface area contributed by atoms with E-state index >= 15 is 0 Å². The van der Waals surface area contributed by atoms with Gasteiger partial charge in [0.05, 0.1) is 13.2 Å². The first-order chi connectivity index (χ1) is 25.2. The van der Waals surface area contributed by atoms with Gasteiger partial charge >= 0.3 is 21.7 Å². The number of rotatable bonds is 30. The molecule has 0 fully saturated rings. The Morgan fingerprint density at radius 1 is 0.472 bits per heavy atom. The third-order valence-electron chi connectivity index (χ3n) is 8.66. The minimum atomic E-state index is -1.24. The molecule has 302 valence electrons. The third kappa shape index (κ3) is 19.2. The zero-order valence-corrected chi connectivity index (χ0v) is 35.6. The van der Waals surface area contributed by atoms with Gasteiger partial charge in [0.15, 0.2) is 12.6 Å². The third-order valence-corrected chi connectivity index (χ3v) is 8.66. The van der Waals surface area contributed by atoms with Gasteiger partial charge in [-0.2, -0.15) is 0 Å². The number of hydrogen-bond donors (Lipinski definition) is 0. The molecule has 2 atom stereocenters. The Morgan fingerprint density at radius 2 is 0.755 bits per heavy atom. The summed E-state index contributed by atoms with van der Waals surface area (Å²) >= 11 is 0. The van der Waals surface area contributed by atoms with Crippen LogP contribution in [0.4, 0.5) is 0 Å². The zero-order chi connectivity index (χ0) is 38.5. The van der Waals surface area contributed by atoms with Crippen molar-refractivity contribution in [2.24, 2.45) is 0 Å². The Labute approximate surface area is 336 Å². The van der Waals surface area contributed by atoms with E-state index in [1.807, 2.05) is 48.5 Å². The van der Waals surface area contributed by atoms with Gasteiger partial charge < -0.3 is 48.7 Å². The summed E-state index contributed by atoms with van der Waals surface area (Å²) in [4.78, 5) is 9.34. The summed E-state index contributed by atoms with van der Waals surface area (Å²) in [7, 11) is 0. The molecule has 0 amide bonds. The van der Waals surface area contributed by atoms with Crippen LogP contribution in [0.15, 0.2) is 48.5 Å². The molecule has 0 aliphatic carbocycles. The first-order valence-electron chi connectivity index (χ1n) is 19.8. The second-order valence-corrected chi connectivity index (χ2v) is 13.4. The monoisotopic (exact) mass is 782 g/mol. The topological polar surface area (TPSA) is 120 Å². The van der Waals surface area contributed by atoms with Crippen LogP contribution in [-0.4, -0.2) is 52.2 Å². The Morgan fingerprint density at radius 3 is 1.02 bits per heavy atom. The van der Waals surface area contributed by atoms with Gasteiger partial charge in [-0.1, -0.05) is 104 Å². The fourth-order valence-corrected chi connectivity index (χ4v) is 4.98. The number of benzene rings is 2. The number of ether oxygens (including phenoxy) is 6. The van der Waals surface area contributed by atoms with Crippen LogP contribution in [0.25, 0.3) is 0 Å². The zero-order valence-electron chi connectivity index (χ0n) is 34.1. The average molecular weight is 783 g/mol. The van der Waals surface area contributed by atoms with Crippen molar-refractivity contribution in [1.82, 2.24) is 0 Å². The van der Waals surface area contributed by atoms with E-state index in [4.69, 9.17) is 28.4 Å². The van der Waals surface area contributed by atoms with E-state index in [2.05, 4.69) is 51.3 Å². The molecule has 0 N–H and O–H groups in total. The molecule has 0 saturated carbocycles. The van der Waals surface area contributed by atoms with Gasteiger partial charge in [-0.25, -0.2) is 0 Å². The van der Waals surface area contributed by atoms with Gasteiger partial charge in [0, 0.05) is 26.4 Å². The van der Waals surface area contributed by atoms with Gasteiger partial charge in [0.25, 0.3) is 0 Å². The van der Waals surface area contributed by atoms with Crippen LogP contribution < -0.4 is 20.0 Å². The van der Waals surface area contributed by atoms with Crippen molar-refractivity contribution in [3.63, 3.8) is 0 Å². The van der Waals surface area contributed by atoms with E-state index in [1.165, 1.54) is 0 Å². The molecule has 11 heteroatoms. The average Bonchev–Trinajstić information content (AvgIpc) is 3.17. The van der Waals surface area contributed by atoms with Crippen molar-refractivity contribution in [2.75, 3.05) is 39.6 Å². The molecular formula is C42H70O10Ti. The smallest absolute Gasteiger partial charge is 0.722 e. The molecule has 0 bridgehead atoms. The normalized spacial score (nSPS) is 13.5. The van der Waals surface area contributed by atoms with Crippen molar-refractivity contribution in [2.45, 2.75) is 156 Å². The molecule has 0 aromatic heterocycles. The minimum Gasteiger partial charge on any atom is -0.722 e. The van der Waals surface area contributed by atoms with E-state index in [1.54, 1.807) is 13.8 Å². The molecule has 0 heterocycles. The molecule has 0 radical (unpaired) electrons. The Bertz CT molecular complexity index is 1030. The van der Waals surface area contributed by atoms with Gasteiger partial charge in [-0.05, 0) is 87.8 Å². The summed E-state index contributed by atoms with van der Waals surface area (Å²) in [5.41, 5.74) is -1.10. The molecule has 53 heavy (non-hydrogen) atoms. The summed E-state index contributed by atoms with van der Waals surface area (Å²) in [6, 6.07) is 14.9. The van der Waals surface area contributed by atoms with Gasteiger partial charge in [-0.3, -0.25) is 0 Å². The van der Waals surface area contributed by atoms with Crippen molar-refractivity contribution in [3.05, 3.63) is 59.7 Å². The number of hydrogen-bond acceptors (Lipinski definition) is 10. The molecule has 0 aliphatic heterocycles. The van der Waals surface area contributed by atoms with Gasteiger partial charge in [0.1, 0.15) is 22.7 Å². The van der Waals surface area contributed by atoms with E-state index in [9.17, 15) is 10.5 Å². The van der Waals surface area contributed by atoms with E-state index in [-0.39, 0.29) is 21.7 Å². The fourth-order valence-electron chi connectivity index (χ4n) is 4.98. The standard InChI is InChI=1S/2C21H36O5.Ti/c2*1-5-8-14-23-19-13-11-12-18(17-19)21(4,26-22)20(24-15-9-6-2)25-16-10-7-3;/h2*11-13,17,20,22H,5-10,14-16H2,1-4H3;/q;;+2/p-2. The van der Waals surface area contributed by atoms with Crippen LogP contribution in [0.1, 0.15) is 144 Å². The maximum Gasteiger partial charge on any atom is 2.00 e.